The summed E-state index contributed by atoms with van der Waals surface area (Å²) in [6, 6.07) is 15.2. The Bertz CT molecular complexity index is 1350. The fraction of sp³-hybridized carbons (Fsp3) is 0.185. The number of carbonyl (C=O) groups is 4. The number of esters is 1. The van der Waals surface area contributed by atoms with Gasteiger partial charge in [-0.25, -0.2) is 9.18 Å². The van der Waals surface area contributed by atoms with Gasteiger partial charge in [-0.3, -0.25) is 14.4 Å². The first-order valence-corrected chi connectivity index (χ1v) is 10.9. The number of hydrogen-bond acceptors (Lipinski definition) is 6. The number of benzene rings is 3. The second-order valence-electron chi connectivity index (χ2n) is 7.88. The molecule has 0 fully saturated rings. The van der Waals surface area contributed by atoms with E-state index in [-0.39, 0.29) is 45.9 Å². The van der Waals surface area contributed by atoms with Gasteiger partial charge in [0.2, 0.25) is 0 Å². The molecular formula is C27H22FNO6. The first-order valence-electron chi connectivity index (χ1n) is 10.9. The Morgan fingerprint density at radius 3 is 2.26 bits per heavy atom. The highest BCUT2D eigenvalue weighted by molar-refractivity contribution is 6.30. The molecule has 0 spiro atoms. The molecule has 0 N–H and O–H groups in total. The fourth-order valence-corrected chi connectivity index (χ4v) is 4.02. The lowest BCUT2D eigenvalue weighted by atomic mass is 9.82. The minimum atomic E-state index is -0.887. The van der Waals surface area contributed by atoms with Crippen molar-refractivity contribution >= 4 is 23.4 Å². The van der Waals surface area contributed by atoms with Crippen LogP contribution in [0.15, 0.2) is 60.7 Å². The van der Waals surface area contributed by atoms with Crippen LogP contribution in [0.3, 0.4) is 0 Å². The van der Waals surface area contributed by atoms with Crippen LogP contribution in [0, 0.1) is 5.82 Å². The molecule has 0 aliphatic heterocycles. The molecule has 1 aliphatic rings. The van der Waals surface area contributed by atoms with Crippen molar-refractivity contribution in [3.63, 3.8) is 0 Å². The summed E-state index contributed by atoms with van der Waals surface area (Å²) in [4.78, 5) is 52.9. The molecule has 0 bridgehead atoms. The first-order chi connectivity index (χ1) is 16.8. The molecule has 0 unspecified atom stereocenters. The van der Waals surface area contributed by atoms with Crippen LogP contribution in [0.25, 0.3) is 0 Å². The van der Waals surface area contributed by atoms with E-state index >= 15 is 0 Å². The van der Waals surface area contributed by atoms with Crippen LogP contribution in [0.4, 0.5) is 4.39 Å². The van der Waals surface area contributed by atoms with Gasteiger partial charge in [0.05, 0.1) is 12.7 Å². The Hall–Kier alpha value is -4.33. The van der Waals surface area contributed by atoms with Crippen LogP contribution in [-0.2, 0) is 16.1 Å². The molecule has 0 radical (unpaired) electrons. The quantitative estimate of drug-likeness (QED) is 0.378. The summed E-state index contributed by atoms with van der Waals surface area (Å²) < 4.78 is 24.1. The second-order valence-corrected chi connectivity index (χ2v) is 7.88. The molecule has 0 aromatic heterocycles. The third-order valence-corrected chi connectivity index (χ3v) is 5.82. The maximum atomic E-state index is 14.0. The van der Waals surface area contributed by atoms with Gasteiger partial charge in [-0.2, -0.15) is 0 Å². The van der Waals surface area contributed by atoms with Gasteiger partial charge in [-0.1, -0.05) is 42.5 Å². The molecule has 0 heterocycles. The number of rotatable bonds is 7. The fourth-order valence-electron chi connectivity index (χ4n) is 4.02. The van der Waals surface area contributed by atoms with Crippen molar-refractivity contribution in [1.82, 2.24) is 4.90 Å². The highest BCUT2D eigenvalue weighted by Gasteiger charge is 2.33. The molecule has 0 atom stereocenters. The molecule has 1 amide bonds. The van der Waals surface area contributed by atoms with Crippen molar-refractivity contribution in [2.24, 2.45) is 0 Å². The molecule has 3 aromatic carbocycles. The van der Waals surface area contributed by atoms with Crippen LogP contribution in [0.2, 0.25) is 0 Å². The third-order valence-electron chi connectivity index (χ3n) is 5.82. The number of ketones is 2. The Kier molecular flexibility index (Phi) is 6.73. The topological polar surface area (TPSA) is 90.0 Å². The molecule has 0 saturated heterocycles. The molecule has 7 nitrogen and oxygen atoms in total. The molecule has 4 rings (SSSR count). The van der Waals surface area contributed by atoms with Gasteiger partial charge in [0.25, 0.3) is 5.91 Å². The molecule has 0 saturated carbocycles. The van der Waals surface area contributed by atoms with E-state index in [1.165, 1.54) is 48.4 Å². The van der Waals surface area contributed by atoms with E-state index in [0.717, 1.165) is 0 Å². The maximum absolute atomic E-state index is 14.0. The van der Waals surface area contributed by atoms with Crippen LogP contribution in [-0.4, -0.2) is 48.6 Å². The summed E-state index contributed by atoms with van der Waals surface area (Å²) in [6.45, 7) is 1.58. The zero-order chi connectivity index (χ0) is 25.1. The lowest BCUT2D eigenvalue weighted by molar-refractivity contribution is -0.134. The number of halogens is 1. The summed E-state index contributed by atoms with van der Waals surface area (Å²) in [7, 11) is 1.36. The van der Waals surface area contributed by atoms with E-state index in [1.54, 1.807) is 31.2 Å². The van der Waals surface area contributed by atoms with Gasteiger partial charge >= 0.3 is 5.97 Å². The van der Waals surface area contributed by atoms with Crippen molar-refractivity contribution in [2.45, 2.75) is 13.5 Å². The number of hydrogen-bond donors (Lipinski definition) is 0. The van der Waals surface area contributed by atoms with Crippen LogP contribution in [0.1, 0.15) is 54.7 Å². The van der Waals surface area contributed by atoms with E-state index in [4.69, 9.17) is 9.47 Å². The lowest BCUT2D eigenvalue weighted by Gasteiger charge is -2.22. The molecule has 35 heavy (non-hydrogen) atoms. The van der Waals surface area contributed by atoms with E-state index in [1.807, 2.05) is 0 Å². The number of nitrogens with zero attached hydrogens (tertiary/aromatic N) is 1. The maximum Gasteiger partial charge on any atom is 0.339 e. The van der Waals surface area contributed by atoms with Gasteiger partial charge in [-0.15, -0.1) is 0 Å². The summed E-state index contributed by atoms with van der Waals surface area (Å²) in [5.74, 6) is -2.64. The van der Waals surface area contributed by atoms with Crippen molar-refractivity contribution in [3.8, 4) is 5.75 Å². The van der Waals surface area contributed by atoms with Gasteiger partial charge < -0.3 is 14.4 Å². The number of fused-ring (bicyclic) bond motifs is 2. The Balaban J connectivity index is 1.49. The van der Waals surface area contributed by atoms with Gasteiger partial charge in [0, 0.05) is 35.3 Å². The number of ether oxygens (including phenoxy) is 2. The first kappa shape index (κ1) is 23.8. The average molecular weight is 475 g/mol. The van der Waals surface area contributed by atoms with Crippen LogP contribution >= 0.6 is 0 Å². The summed E-state index contributed by atoms with van der Waals surface area (Å²) in [5.41, 5.74) is 1.04. The molecule has 178 valence electrons. The third kappa shape index (κ3) is 4.55. The standard InChI is InChI=1S/C27H22FNO6/c1-3-29(14-16-11-12-22(34-2)21(28)13-16)23(30)15-35-27(33)20-10-6-9-19-24(20)26(32)18-8-5-4-7-17(18)25(19)31/h4-13H,3,14-15H2,1-2H3. The Morgan fingerprint density at radius 2 is 1.60 bits per heavy atom. The number of likely N-dealkylation sites (N-methyl/N-ethyl adjacent to an activating group) is 1. The predicted molar refractivity (Wildman–Crippen MR) is 124 cm³/mol. The minimum absolute atomic E-state index is 0.0327. The van der Waals surface area contributed by atoms with Crippen molar-refractivity contribution in [3.05, 3.63) is 99.9 Å². The molecule has 3 aromatic rings. The lowest BCUT2D eigenvalue weighted by Crippen LogP contribution is -2.34. The van der Waals surface area contributed by atoms with Gasteiger partial charge in [0.15, 0.2) is 29.7 Å². The number of methoxy groups -OCH3 is 1. The predicted octanol–water partition coefficient (Wildman–Crippen LogP) is 3.82. The monoisotopic (exact) mass is 475 g/mol. The highest BCUT2D eigenvalue weighted by Crippen LogP contribution is 2.30. The summed E-state index contributed by atoms with van der Waals surface area (Å²) in [5, 5.41) is 0. The van der Waals surface area contributed by atoms with Crippen molar-refractivity contribution < 1.29 is 33.0 Å². The Labute approximate surface area is 201 Å². The number of carbonyl (C=O) groups excluding carboxylic acids is 4. The molecular weight excluding hydrogens is 453 g/mol. The SMILES string of the molecule is CCN(Cc1ccc(OC)c(F)c1)C(=O)COC(=O)c1cccc2c1C(=O)c1ccccc1C2=O. The second kappa shape index (κ2) is 9.89. The molecule has 1 aliphatic carbocycles. The van der Waals surface area contributed by atoms with Gasteiger partial charge in [-0.05, 0) is 30.7 Å². The highest BCUT2D eigenvalue weighted by atomic mass is 19.1. The largest absolute Gasteiger partial charge is 0.494 e. The van der Waals surface area contributed by atoms with E-state index in [0.29, 0.717) is 12.1 Å². The zero-order valence-electron chi connectivity index (χ0n) is 19.2. The Morgan fingerprint density at radius 1 is 0.914 bits per heavy atom. The summed E-state index contributed by atoms with van der Waals surface area (Å²) >= 11 is 0. The number of amides is 1. The van der Waals surface area contributed by atoms with Crippen molar-refractivity contribution in [2.75, 3.05) is 20.3 Å². The smallest absolute Gasteiger partial charge is 0.339 e. The van der Waals surface area contributed by atoms with E-state index in [9.17, 15) is 23.6 Å². The molecule has 8 heteroatoms. The van der Waals surface area contributed by atoms with Crippen LogP contribution < -0.4 is 4.74 Å². The van der Waals surface area contributed by atoms with E-state index < -0.39 is 30.1 Å². The normalized spacial score (nSPS) is 12.0. The van der Waals surface area contributed by atoms with Crippen molar-refractivity contribution in [1.29, 1.82) is 0 Å². The van der Waals surface area contributed by atoms with Gasteiger partial charge in [0.1, 0.15) is 0 Å². The van der Waals surface area contributed by atoms with Crippen LogP contribution in [0.5, 0.6) is 5.75 Å². The zero-order valence-corrected chi connectivity index (χ0v) is 19.2. The summed E-state index contributed by atoms with van der Waals surface area (Å²) in [6.07, 6.45) is 0. The minimum Gasteiger partial charge on any atom is -0.494 e. The average Bonchev–Trinajstić information content (AvgIpc) is 2.88. The van der Waals surface area contributed by atoms with E-state index in [2.05, 4.69) is 0 Å².